The lowest BCUT2D eigenvalue weighted by atomic mass is 10.0. The van der Waals surface area contributed by atoms with Crippen LogP contribution in [0.2, 0.25) is 0 Å². The molecule has 0 bridgehead atoms. The minimum absolute atomic E-state index is 0.0404. The first-order chi connectivity index (χ1) is 19.4. The molecule has 1 atom stereocenters. The molecule has 210 valence electrons. The van der Waals surface area contributed by atoms with Gasteiger partial charge in [0.05, 0.1) is 0 Å². The van der Waals surface area contributed by atoms with Gasteiger partial charge in [-0.25, -0.2) is 4.39 Å². The van der Waals surface area contributed by atoms with Crippen LogP contribution < -0.4 is 10.1 Å². The third-order valence-corrected chi connectivity index (χ3v) is 7.61. The Morgan fingerprint density at radius 1 is 1.00 bits per heavy atom. The Hall–Kier alpha value is -3.75. The van der Waals surface area contributed by atoms with Crippen molar-refractivity contribution < 1.29 is 18.7 Å². The van der Waals surface area contributed by atoms with Gasteiger partial charge in [-0.1, -0.05) is 36.4 Å². The number of piperazine rings is 1. The molecule has 40 heavy (non-hydrogen) atoms. The van der Waals surface area contributed by atoms with Gasteiger partial charge in [-0.05, 0) is 66.6 Å². The van der Waals surface area contributed by atoms with Gasteiger partial charge >= 0.3 is 0 Å². The van der Waals surface area contributed by atoms with Crippen molar-refractivity contribution in [3.05, 3.63) is 89.7 Å². The summed E-state index contributed by atoms with van der Waals surface area (Å²) in [6, 6.07) is 22.3. The van der Waals surface area contributed by atoms with Gasteiger partial charge in [0.15, 0.2) is 0 Å². The number of nitrogens with one attached hydrogen (secondary N) is 1. The molecule has 2 saturated heterocycles. The Morgan fingerprint density at radius 2 is 1.70 bits per heavy atom. The van der Waals surface area contributed by atoms with Crippen LogP contribution in [0.4, 0.5) is 4.39 Å². The summed E-state index contributed by atoms with van der Waals surface area (Å²) >= 11 is 0. The van der Waals surface area contributed by atoms with Gasteiger partial charge < -0.3 is 19.9 Å². The third kappa shape index (κ3) is 7.46. The van der Waals surface area contributed by atoms with E-state index in [9.17, 15) is 14.0 Å². The topological polar surface area (TPSA) is 65.1 Å². The number of halogens is 1. The maximum Gasteiger partial charge on any atom is 0.253 e. The molecule has 2 aliphatic rings. The van der Waals surface area contributed by atoms with Crippen molar-refractivity contribution in [3.63, 3.8) is 0 Å². The first-order valence-corrected chi connectivity index (χ1v) is 14.0. The molecule has 0 aromatic heterocycles. The van der Waals surface area contributed by atoms with E-state index in [-0.39, 0.29) is 23.7 Å². The molecule has 8 heteroatoms. The number of nitrogens with zero attached hydrogens (tertiary/aromatic N) is 3. The quantitative estimate of drug-likeness (QED) is 0.418. The van der Waals surface area contributed by atoms with Gasteiger partial charge in [0.2, 0.25) is 5.91 Å². The highest BCUT2D eigenvalue weighted by Crippen LogP contribution is 2.21. The van der Waals surface area contributed by atoms with Crippen LogP contribution in [0.25, 0.3) is 11.1 Å². The summed E-state index contributed by atoms with van der Waals surface area (Å²) < 4.78 is 19.3. The molecule has 0 spiro atoms. The summed E-state index contributed by atoms with van der Waals surface area (Å²) in [5.41, 5.74) is 3.73. The van der Waals surface area contributed by atoms with E-state index in [0.717, 1.165) is 56.0 Å². The van der Waals surface area contributed by atoms with Crippen LogP contribution in [0.3, 0.4) is 0 Å². The van der Waals surface area contributed by atoms with Crippen molar-refractivity contribution in [2.24, 2.45) is 0 Å². The number of benzene rings is 3. The molecule has 2 aliphatic heterocycles. The fourth-order valence-electron chi connectivity index (χ4n) is 5.40. The van der Waals surface area contributed by atoms with Crippen LogP contribution in [-0.4, -0.2) is 85.5 Å². The van der Waals surface area contributed by atoms with E-state index >= 15 is 0 Å². The average Bonchev–Trinajstić information content (AvgIpc) is 3.37. The summed E-state index contributed by atoms with van der Waals surface area (Å²) in [7, 11) is 2.07. The molecule has 5 rings (SSSR count). The summed E-state index contributed by atoms with van der Waals surface area (Å²) in [5.74, 6) is 0.787. The zero-order chi connectivity index (χ0) is 27.9. The Kier molecular flexibility index (Phi) is 9.08. The van der Waals surface area contributed by atoms with Crippen molar-refractivity contribution in [1.29, 1.82) is 0 Å². The number of likely N-dealkylation sites (N-methyl/N-ethyl adjacent to an activating group) is 1. The second-order valence-corrected chi connectivity index (χ2v) is 10.7. The van der Waals surface area contributed by atoms with Crippen molar-refractivity contribution in [2.75, 3.05) is 52.9 Å². The standard InChI is InChI=1S/C32H37FN4O3/c1-35(23-29-13-14-31(38)34-29)22-24-3-2-4-30(21-24)40-20-19-36-15-17-37(18-16-36)32(39)27-7-5-25(6-8-27)26-9-11-28(33)12-10-26/h2-12,21,29H,13-20,22-23H2,1H3,(H,34,38). The fraction of sp³-hybridized carbons (Fsp3) is 0.375. The van der Waals surface area contributed by atoms with Crippen LogP contribution in [0.5, 0.6) is 5.75 Å². The molecule has 1 N–H and O–H groups in total. The molecular formula is C32H37FN4O3. The minimum Gasteiger partial charge on any atom is -0.492 e. The summed E-state index contributed by atoms with van der Waals surface area (Å²) in [4.78, 5) is 30.9. The summed E-state index contributed by atoms with van der Waals surface area (Å²) in [6.45, 7) is 6.02. The molecule has 3 aromatic carbocycles. The van der Waals surface area contributed by atoms with Crippen molar-refractivity contribution in [3.8, 4) is 16.9 Å². The molecule has 3 aromatic rings. The fourth-order valence-corrected chi connectivity index (χ4v) is 5.40. The highest BCUT2D eigenvalue weighted by atomic mass is 19.1. The predicted octanol–water partition coefficient (Wildman–Crippen LogP) is 4.04. The second kappa shape index (κ2) is 13.1. The first-order valence-electron chi connectivity index (χ1n) is 14.0. The normalized spacial score (nSPS) is 17.7. The van der Waals surface area contributed by atoms with Crippen LogP contribution in [0, 0.1) is 5.82 Å². The monoisotopic (exact) mass is 544 g/mol. The lowest BCUT2D eigenvalue weighted by molar-refractivity contribution is -0.119. The largest absolute Gasteiger partial charge is 0.492 e. The maximum absolute atomic E-state index is 13.2. The lowest BCUT2D eigenvalue weighted by Gasteiger charge is -2.34. The zero-order valence-electron chi connectivity index (χ0n) is 23.0. The number of carbonyl (C=O) groups is 2. The van der Waals surface area contributed by atoms with Crippen molar-refractivity contribution in [1.82, 2.24) is 20.0 Å². The third-order valence-electron chi connectivity index (χ3n) is 7.61. The first kappa shape index (κ1) is 27.8. The lowest BCUT2D eigenvalue weighted by Crippen LogP contribution is -2.49. The summed E-state index contributed by atoms with van der Waals surface area (Å²) in [5, 5.41) is 3.03. The number of ether oxygens (including phenoxy) is 1. The molecule has 2 amide bonds. The molecule has 0 saturated carbocycles. The van der Waals surface area contributed by atoms with Crippen LogP contribution in [0.15, 0.2) is 72.8 Å². The molecular weight excluding hydrogens is 507 g/mol. The SMILES string of the molecule is CN(Cc1cccc(OCCN2CCN(C(=O)c3ccc(-c4ccc(F)cc4)cc3)CC2)c1)CC1CCC(=O)N1. The smallest absolute Gasteiger partial charge is 0.253 e. The van der Waals surface area contributed by atoms with E-state index in [1.54, 1.807) is 12.1 Å². The van der Waals surface area contributed by atoms with Gasteiger partial charge in [0, 0.05) is 63.8 Å². The van der Waals surface area contributed by atoms with Crippen LogP contribution in [-0.2, 0) is 11.3 Å². The molecule has 0 aliphatic carbocycles. The zero-order valence-corrected chi connectivity index (χ0v) is 23.0. The highest BCUT2D eigenvalue weighted by molar-refractivity contribution is 5.94. The van der Waals surface area contributed by atoms with Gasteiger partial charge in [0.25, 0.3) is 5.91 Å². The minimum atomic E-state index is -0.261. The number of amides is 2. The Labute approximate surface area is 235 Å². The molecule has 1 unspecified atom stereocenters. The van der Waals surface area contributed by atoms with Gasteiger partial charge in [-0.2, -0.15) is 0 Å². The van der Waals surface area contributed by atoms with E-state index in [0.29, 0.717) is 31.7 Å². The van der Waals surface area contributed by atoms with Gasteiger partial charge in [-0.3, -0.25) is 14.5 Å². The number of rotatable bonds is 10. The van der Waals surface area contributed by atoms with Gasteiger partial charge in [0.1, 0.15) is 18.2 Å². The van der Waals surface area contributed by atoms with E-state index in [4.69, 9.17) is 4.74 Å². The second-order valence-electron chi connectivity index (χ2n) is 10.7. The number of hydrogen-bond acceptors (Lipinski definition) is 5. The van der Waals surface area contributed by atoms with E-state index in [2.05, 4.69) is 34.3 Å². The number of hydrogen-bond donors (Lipinski definition) is 1. The average molecular weight is 545 g/mol. The van der Waals surface area contributed by atoms with E-state index in [1.807, 2.05) is 41.3 Å². The van der Waals surface area contributed by atoms with Crippen LogP contribution >= 0.6 is 0 Å². The van der Waals surface area contributed by atoms with Crippen LogP contribution in [0.1, 0.15) is 28.8 Å². The Morgan fingerprint density at radius 3 is 2.38 bits per heavy atom. The van der Waals surface area contributed by atoms with Gasteiger partial charge in [-0.15, -0.1) is 0 Å². The van der Waals surface area contributed by atoms with Crippen molar-refractivity contribution in [2.45, 2.75) is 25.4 Å². The molecule has 7 nitrogen and oxygen atoms in total. The summed E-state index contributed by atoms with van der Waals surface area (Å²) in [6.07, 6.45) is 1.53. The molecule has 2 heterocycles. The molecule has 0 radical (unpaired) electrons. The molecule has 2 fully saturated rings. The Balaban J connectivity index is 1.03. The predicted molar refractivity (Wildman–Crippen MR) is 154 cm³/mol. The Bertz CT molecular complexity index is 1290. The maximum atomic E-state index is 13.2. The highest BCUT2D eigenvalue weighted by Gasteiger charge is 2.23. The van der Waals surface area contributed by atoms with E-state index < -0.39 is 0 Å². The number of carbonyl (C=O) groups excluding carboxylic acids is 2. The van der Waals surface area contributed by atoms with E-state index in [1.165, 1.54) is 17.7 Å². The van der Waals surface area contributed by atoms with Crippen molar-refractivity contribution >= 4 is 11.8 Å².